The Morgan fingerprint density at radius 3 is 1.96 bits per heavy atom. The van der Waals surface area contributed by atoms with Crippen molar-refractivity contribution in [1.29, 1.82) is 0 Å². The van der Waals surface area contributed by atoms with Gasteiger partial charge in [0, 0.05) is 87.1 Å². The van der Waals surface area contributed by atoms with Crippen LogP contribution in [0.15, 0.2) is 5.11 Å². The predicted molar refractivity (Wildman–Crippen MR) is 167 cm³/mol. The van der Waals surface area contributed by atoms with E-state index < -0.39 is 73.1 Å². The topological polar surface area (TPSA) is 250 Å². The molecule has 2 heterocycles. The molecule has 47 heavy (non-hydrogen) atoms. The molecule has 0 radical (unpaired) electrons. The van der Waals surface area contributed by atoms with Gasteiger partial charge >= 0.3 is 0 Å². The van der Waals surface area contributed by atoms with E-state index >= 15 is 0 Å². The van der Waals surface area contributed by atoms with Crippen LogP contribution >= 0.6 is 0 Å². The van der Waals surface area contributed by atoms with Crippen molar-refractivity contribution >= 4 is 5.91 Å². The summed E-state index contributed by atoms with van der Waals surface area (Å²) < 4.78 is 37.1. The fourth-order valence-electron chi connectivity index (χ4n) is 7.36. The van der Waals surface area contributed by atoms with Crippen LogP contribution in [-0.2, 0) is 33.2 Å². The number of rotatable bonds is 18. The van der Waals surface area contributed by atoms with Gasteiger partial charge in [-0.1, -0.05) is 5.11 Å². The van der Waals surface area contributed by atoms with Crippen LogP contribution < -0.4 is 21.3 Å². The van der Waals surface area contributed by atoms with Gasteiger partial charge in [0.1, 0.15) is 12.6 Å². The number of aliphatic hydroxyl groups excluding tert-OH is 4. The summed E-state index contributed by atoms with van der Waals surface area (Å²) in [6, 6.07) is -0.518. The molecule has 14 atom stereocenters. The standard InChI is InChI=1S/C29H55N7O11/c1-31-7-15-18(12-39)28(44-14-23(15)42-4)46-25-19(13-40)26(21(33-3)6-20(25)32-2)47-29-27(43-5)17(11-38)16(10-37)22(45-29)8-34-24(41)9-35-36-30/h15-23,25-29,31-33,37-40H,6-14H2,1-5H3,(H,34,41)/t15-,16-,17?,18?,19?,20+,21?,22?,23-,25-,26-,27-,28+,29-/m0/s1. The third-order valence-electron chi connectivity index (χ3n) is 9.93. The molecule has 8 N–H and O–H groups in total. The second-order valence-electron chi connectivity index (χ2n) is 12.2. The average Bonchev–Trinajstić information content (AvgIpc) is 3.09. The Hall–Kier alpha value is -1.74. The summed E-state index contributed by atoms with van der Waals surface area (Å²) in [6.07, 6.45) is -4.47. The van der Waals surface area contributed by atoms with Crippen LogP contribution in [0.25, 0.3) is 10.4 Å². The zero-order valence-corrected chi connectivity index (χ0v) is 27.9. The normalized spacial score (nSPS) is 39.3. The summed E-state index contributed by atoms with van der Waals surface area (Å²) in [5, 5.41) is 57.6. The first kappa shape index (κ1) is 39.7. The average molecular weight is 678 g/mol. The SMILES string of the molecule is CNC[C@H]1C(CO)[C@@H](O[C@H]2C(CO)[C@H](O[C@@H]3OC(CNC(=O)CN=[N+]=[N-])[C@@H](CO)C(CO)[C@@H]3OC)C(NC)C[C@H]2NC)OC[C@@H]1OC. The molecular weight excluding hydrogens is 622 g/mol. The maximum Gasteiger partial charge on any atom is 0.225 e. The van der Waals surface area contributed by atoms with Crippen molar-refractivity contribution in [2.45, 2.75) is 61.6 Å². The van der Waals surface area contributed by atoms with E-state index in [0.717, 1.165) is 0 Å². The number of hydrogen-bond acceptors (Lipinski definition) is 15. The molecular formula is C29H55N7O11. The molecule has 0 bridgehead atoms. The minimum absolute atomic E-state index is 0.0489. The van der Waals surface area contributed by atoms with Crippen molar-refractivity contribution in [2.24, 2.45) is 34.7 Å². The first-order valence-electron chi connectivity index (χ1n) is 16.1. The molecule has 3 aliphatic rings. The number of ether oxygens (including phenoxy) is 6. The Morgan fingerprint density at radius 1 is 0.830 bits per heavy atom. The van der Waals surface area contributed by atoms with E-state index in [4.69, 9.17) is 34.0 Å². The lowest BCUT2D eigenvalue weighted by Gasteiger charge is -2.51. The lowest BCUT2D eigenvalue weighted by Crippen LogP contribution is -2.66. The van der Waals surface area contributed by atoms with Crippen LogP contribution in [0.5, 0.6) is 0 Å². The zero-order chi connectivity index (χ0) is 34.5. The summed E-state index contributed by atoms with van der Waals surface area (Å²) in [6.45, 7) is -0.842. The highest BCUT2D eigenvalue weighted by Crippen LogP contribution is 2.39. The highest BCUT2D eigenvalue weighted by atomic mass is 16.7. The first-order chi connectivity index (χ1) is 22.8. The number of azide groups is 1. The molecule has 3 fully saturated rings. The van der Waals surface area contributed by atoms with Crippen LogP contribution in [0, 0.1) is 29.6 Å². The lowest BCUT2D eigenvalue weighted by molar-refractivity contribution is -0.320. The molecule has 18 heteroatoms. The van der Waals surface area contributed by atoms with Crippen LogP contribution in [0.3, 0.4) is 0 Å². The Bertz CT molecular complexity index is 983. The number of nitrogens with one attached hydrogen (secondary N) is 4. The van der Waals surface area contributed by atoms with Crippen molar-refractivity contribution in [3.05, 3.63) is 10.4 Å². The van der Waals surface area contributed by atoms with E-state index in [1.807, 2.05) is 14.1 Å². The van der Waals surface area contributed by atoms with Gasteiger partial charge in [0.15, 0.2) is 12.6 Å². The number of amides is 1. The van der Waals surface area contributed by atoms with Crippen molar-refractivity contribution in [1.82, 2.24) is 21.3 Å². The Kier molecular flexibility index (Phi) is 16.9. The summed E-state index contributed by atoms with van der Waals surface area (Å²) in [5.41, 5.74) is 8.53. The predicted octanol–water partition coefficient (Wildman–Crippen LogP) is -2.86. The van der Waals surface area contributed by atoms with Gasteiger partial charge in [0.2, 0.25) is 5.91 Å². The summed E-state index contributed by atoms with van der Waals surface area (Å²) in [4.78, 5) is 14.8. The van der Waals surface area contributed by atoms with Crippen molar-refractivity contribution < 1.29 is 53.6 Å². The van der Waals surface area contributed by atoms with Crippen molar-refractivity contribution in [2.75, 3.05) is 88.0 Å². The second kappa shape index (κ2) is 20.1. The van der Waals surface area contributed by atoms with E-state index in [-0.39, 0.29) is 63.7 Å². The van der Waals surface area contributed by atoms with Crippen LogP contribution in [0.4, 0.5) is 0 Å². The highest BCUT2D eigenvalue weighted by molar-refractivity contribution is 5.78. The molecule has 0 spiro atoms. The summed E-state index contributed by atoms with van der Waals surface area (Å²) in [7, 11) is 8.50. The Labute approximate surface area is 275 Å². The zero-order valence-electron chi connectivity index (χ0n) is 27.9. The maximum absolute atomic E-state index is 12.2. The first-order valence-corrected chi connectivity index (χ1v) is 16.1. The van der Waals surface area contributed by atoms with Gasteiger partial charge in [-0.25, -0.2) is 0 Å². The van der Waals surface area contributed by atoms with Crippen molar-refractivity contribution in [3.8, 4) is 0 Å². The Morgan fingerprint density at radius 2 is 1.45 bits per heavy atom. The molecule has 2 aliphatic heterocycles. The van der Waals surface area contributed by atoms with Gasteiger partial charge in [0.05, 0.1) is 44.2 Å². The quantitative estimate of drug-likeness (QED) is 0.0413. The summed E-state index contributed by atoms with van der Waals surface area (Å²) in [5.74, 6) is -2.88. The number of nitrogens with zero attached hydrogens (tertiary/aromatic N) is 3. The monoisotopic (exact) mass is 677 g/mol. The number of aliphatic hydroxyl groups is 4. The number of hydrogen-bond donors (Lipinski definition) is 8. The van der Waals surface area contributed by atoms with Gasteiger partial charge in [0.25, 0.3) is 0 Å². The van der Waals surface area contributed by atoms with Gasteiger partial charge in [-0.15, -0.1) is 0 Å². The molecule has 18 nitrogen and oxygen atoms in total. The van der Waals surface area contributed by atoms with E-state index in [0.29, 0.717) is 13.0 Å². The van der Waals surface area contributed by atoms with E-state index in [1.54, 1.807) is 14.2 Å². The minimum Gasteiger partial charge on any atom is -0.396 e. The fraction of sp³-hybridized carbons (Fsp3) is 0.966. The van der Waals surface area contributed by atoms with E-state index in [1.165, 1.54) is 7.11 Å². The highest BCUT2D eigenvalue weighted by Gasteiger charge is 2.52. The smallest absolute Gasteiger partial charge is 0.225 e. The molecule has 0 aromatic carbocycles. The third kappa shape index (κ3) is 9.49. The van der Waals surface area contributed by atoms with Gasteiger partial charge in [-0.2, -0.15) is 0 Å². The maximum atomic E-state index is 12.2. The molecule has 272 valence electrons. The largest absolute Gasteiger partial charge is 0.396 e. The molecule has 0 aromatic rings. The molecule has 5 unspecified atom stereocenters. The van der Waals surface area contributed by atoms with E-state index in [9.17, 15) is 25.2 Å². The van der Waals surface area contributed by atoms with Crippen LogP contribution in [-0.4, -0.2) is 170 Å². The number of carbonyl (C=O) groups excluding carboxylic acids is 1. The van der Waals surface area contributed by atoms with E-state index in [2.05, 4.69) is 31.3 Å². The van der Waals surface area contributed by atoms with Crippen LogP contribution in [0.1, 0.15) is 6.42 Å². The number of likely N-dealkylation sites (N-methyl/N-ethyl adjacent to an activating group) is 2. The molecule has 2 saturated heterocycles. The second-order valence-corrected chi connectivity index (χ2v) is 12.2. The van der Waals surface area contributed by atoms with Gasteiger partial charge in [-0.3, -0.25) is 4.79 Å². The molecule has 1 amide bonds. The molecule has 3 rings (SSSR count). The molecule has 1 saturated carbocycles. The fourth-order valence-corrected chi connectivity index (χ4v) is 7.36. The lowest BCUT2D eigenvalue weighted by atomic mass is 9.77. The molecule has 1 aliphatic carbocycles. The third-order valence-corrected chi connectivity index (χ3v) is 9.93. The number of methoxy groups -OCH3 is 2. The number of carbonyl (C=O) groups is 1. The Balaban J connectivity index is 1.89. The minimum atomic E-state index is -1.07. The van der Waals surface area contributed by atoms with Gasteiger partial charge < -0.3 is 70.1 Å². The molecule has 0 aromatic heterocycles. The van der Waals surface area contributed by atoms with Crippen LogP contribution in [0.2, 0.25) is 0 Å². The summed E-state index contributed by atoms with van der Waals surface area (Å²) >= 11 is 0. The van der Waals surface area contributed by atoms with Crippen molar-refractivity contribution in [3.63, 3.8) is 0 Å². The van der Waals surface area contributed by atoms with Gasteiger partial charge in [-0.05, 0) is 33.1 Å².